The van der Waals surface area contributed by atoms with Crippen LogP contribution in [0.1, 0.15) is 6.92 Å². The average molecular weight is 399 g/mol. The molecule has 1 aromatic heterocycles. The lowest BCUT2D eigenvalue weighted by Gasteiger charge is -2.29. The molecule has 0 aliphatic rings. The van der Waals surface area contributed by atoms with Crippen LogP contribution >= 0.6 is 0 Å². The van der Waals surface area contributed by atoms with E-state index in [0.717, 1.165) is 21.9 Å². The van der Waals surface area contributed by atoms with Crippen LogP contribution in [0, 0.1) is 5.92 Å². The molecule has 3 aromatic rings. The Morgan fingerprint density at radius 1 is 0.897 bits per heavy atom. The summed E-state index contributed by atoms with van der Waals surface area (Å²) in [5, 5.41) is 51.1. The Morgan fingerprint density at radius 2 is 1.62 bits per heavy atom. The first-order chi connectivity index (χ1) is 13.9. The van der Waals surface area contributed by atoms with Gasteiger partial charge in [-0.2, -0.15) is 0 Å². The van der Waals surface area contributed by atoms with E-state index in [1.807, 2.05) is 36.4 Å². The maximum atomic E-state index is 10.1. The second kappa shape index (κ2) is 9.30. The Balaban J connectivity index is 1.72. The number of aromatic nitrogens is 1. The van der Waals surface area contributed by atoms with E-state index in [4.69, 9.17) is 9.84 Å². The summed E-state index contributed by atoms with van der Waals surface area (Å²) in [6.45, 7) is 1.14. The molecule has 0 aliphatic heterocycles. The molecule has 0 amide bonds. The molecule has 2 aromatic carbocycles. The standard InChI is InChI=1S/C22H25NO6/c1-13(12-24)19(25)20(26)21(27)22(28)29-16-7-5-14(6-8-16)17-4-2-3-15-11-23-10-9-18(15)17/h2-11,13,19-22,24-28H,12H2,1H3. The molecule has 0 radical (unpaired) electrons. The Morgan fingerprint density at radius 3 is 2.31 bits per heavy atom. The second-order valence-corrected chi connectivity index (χ2v) is 7.07. The van der Waals surface area contributed by atoms with Crippen LogP contribution in [-0.2, 0) is 0 Å². The Bertz CT molecular complexity index is 927. The van der Waals surface area contributed by atoms with Crippen LogP contribution in [-0.4, -0.2) is 61.7 Å². The van der Waals surface area contributed by atoms with E-state index in [9.17, 15) is 20.4 Å². The van der Waals surface area contributed by atoms with Crippen molar-refractivity contribution in [3.8, 4) is 16.9 Å². The van der Waals surface area contributed by atoms with Gasteiger partial charge in [0.15, 0.2) is 0 Å². The molecule has 1 heterocycles. The molecule has 29 heavy (non-hydrogen) atoms. The summed E-state index contributed by atoms with van der Waals surface area (Å²) in [6.07, 6.45) is -3.04. The van der Waals surface area contributed by atoms with Crippen molar-refractivity contribution in [1.82, 2.24) is 4.98 Å². The topological polar surface area (TPSA) is 123 Å². The third-order valence-electron chi connectivity index (χ3n) is 4.97. The first kappa shape index (κ1) is 21.2. The highest BCUT2D eigenvalue weighted by molar-refractivity contribution is 5.96. The fourth-order valence-corrected chi connectivity index (χ4v) is 3.11. The summed E-state index contributed by atoms with van der Waals surface area (Å²) < 4.78 is 5.30. The molecule has 0 bridgehead atoms. The summed E-state index contributed by atoms with van der Waals surface area (Å²) in [6, 6.07) is 14.8. The molecule has 0 saturated heterocycles. The summed E-state index contributed by atoms with van der Waals surface area (Å²) in [4.78, 5) is 4.13. The molecule has 7 nitrogen and oxygen atoms in total. The van der Waals surface area contributed by atoms with Crippen molar-refractivity contribution in [3.63, 3.8) is 0 Å². The zero-order chi connectivity index (χ0) is 21.0. The van der Waals surface area contributed by atoms with E-state index in [-0.39, 0.29) is 6.61 Å². The van der Waals surface area contributed by atoms with Gasteiger partial charge in [-0.15, -0.1) is 0 Å². The summed E-state index contributed by atoms with van der Waals surface area (Å²) in [7, 11) is 0. The number of nitrogens with zero attached hydrogens (tertiary/aromatic N) is 1. The van der Waals surface area contributed by atoms with Crippen LogP contribution in [0.15, 0.2) is 60.9 Å². The lowest BCUT2D eigenvalue weighted by molar-refractivity contribution is -0.172. The zero-order valence-electron chi connectivity index (χ0n) is 16.0. The van der Waals surface area contributed by atoms with Crippen LogP contribution in [0.3, 0.4) is 0 Å². The Labute approximate surface area is 168 Å². The van der Waals surface area contributed by atoms with Gasteiger partial charge >= 0.3 is 0 Å². The van der Waals surface area contributed by atoms with Crippen molar-refractivity contribution in [2.45, 2.75) is 31.5 Å². The Hall–Kier alpha value is -2.55. The van der Waals surface area contributed by atoms with Gasteiger partial charge in [0.25, 0.3) is 0 Å². The van der Waals surface area contributed by atoms with Crippen molar-refractivity contribution in [3.05, 3.63) is 60.9 Å². The Kier molecular flexibility index (Phi) is 6.79. The number of pyridine rings is 1. The van der Waals surface area contributed by atoms with Gasteiger partial charge in [0.05, 0.1) is 6.10 Å². The van der Waals surface area contributed by atoms with Crippen molar-refractivity contribution in [2.75, 3.05) is 6.61 Å². The van der Waals surface area contributed by atoms with E-state index in [0.29, 0.717) is 5.75 Å². The van der Waals surface area contributed by atoms with Gasteiger partial charge in [0.1, 0.15) is 18.0 Å². The summed E-state index contributed by atoms with van der Waals surface area (Å²) in [5.74, 6) is -0.374. The predicted molar refractivity (Wildman–Crippen MR) is 108 cm³/mol. The molecule has 5 atom stereocenters. The first-order valence-corrected chi connectivity index (χ1v) is 9.35. The number of ether oxygens (including phenoxy) is 1. The number of fused-ring (bicyclic) bond motifs is 1. The van der Waals surface area contributed by atoms with Crippen molar-refractivity contribution in [1.29, 1.82) is 0 Å². The minimum absolute atomic E-state index is 0.291. The average Bonchev–Trinajstić information content (AvgIpc) is 2.77. The van der Waals surface area contributed by atoms with Crippen molar-refractivity contribution in [2.24, 2.45) is 5.92 Å². The van der Waals surface area contributed by atoms with Crippen LogP contribution in [0.25, 0.3) is 21.9 Å². The molecular formula is C22H25NO6. The maximum absolute atomic E-state index is 10.1. The van der Waals surface area contributed by atoms with Crippen LogP contribution in [0.4, 0.5) is 0 Å². The van der Waals surface area contributed by atoms with Crippen LogP contribution in [0.2, 0.25) is 0 Å². The lowest BCUT2D eigenvalue weighted by atomic mass is 9.97. The van der Waals surface area contributed by atoms with Crippen molar-refractivity contribution >= 4 is 10.8 Å². The molecule has 7 heteroatoms. The van der Waals surface area contributed by atoms with E-state index < -0.39 is 30.5 Å². The van der Waals surface area contributed by atoms with Gasteiger partial charge in [-0.1, -0.05) is 37.3 Å². The largest absolute Gasteiger partial charge is 0.462 e. The van der Waals surface area contributed by atoms with E-state index in [1.165, 1.54) is 6.92 Å². The van der Waals surface area contributed by atoms with Gasteiger partial charge in [-0.25, -0.2) is 0 Å². The molecule has 0 spiro atoms. The van der Waals surface area contributed by atoms with E-state index in [2.05, 4.69) is 4.98 Å². The van der Waals surface area contributed by atoms with Gasteiger partial charge in [-0.05, 0) is 34.7 Å². The van der Waals surface area contributed by atoms with Gasteiger partial charge in [0, 0.05) is 30.3 Å². The fourth-order valence-electron chi connectivity index (χ4n) is 3.11. The SMILES string of the molecule is CC(CO)C(O)C(O)C(O)C(O)Oc1ccc(-c2cccc3cnccc23)cc1. The van der Waals surface area contributed by atoms with Gasteiger partial charge in [-0.3, -0.25) is 4.98 Å². The van der Waals surface area contributed by atoms with Gasteiger partial charge < -0.3 is 30.3 Å². The van der Waals surface area contributed by atoms with Crippen LogP contribution < -0.4 is 4.74 Å². The molecule has 0 fully saturated rings. The first-order valence-electron chi connectivity index (χ1n) is 9.35. The van der Waals surface area contributed by atoms with E-state index >= 15 is 0 Å². The zero-order valence-corrected chi connectivity index (χ0v) is 16.0. The van der Waals surface area contributed by atoms with E-state index in [1.54, 1.807) is 24.5 Å². The molecule has 0 aliphatic carbocycles. The third-order valence-corrected chi connectivity index (χ3v) is 4.97. The monoisotopic (exact) mass is 399 g/mol. The highest BCUT2D eigenvalue weighted by Gasteiger charge is 2.34. The predicted octanol–water partition coefficient (Wildman–Crippen LogP) is 1.31. The fraction of sp³-hybridized carbons (Fsp3) is 0.318. The van der Waals surface area contributed by atoms with Gasteiger partial charge in [0.2, 0.25) is 6.29 Å². The number of hydrogen-bond donors (Lipinski definition) is 5. The highest BCUT2D eigenvalue weighted by atomic mass is 16.6. The number of aliphatic hydroxyl groups excluding tert-OH is 5. The molecule has 154 valence electrons. The lowest BCUT2D eigenvalue weighted by Crippen LogP contribution is -2.49. The second-order valence-electron chi connectivity index (χ2n) is 7.07. The summed E-state index contributed by atoms with van der Waals surface area (Å²) >= 11 is 0. The number of hydrogen-bond acceptors (Lipinski definition) is 7. The summed E-state index contributed by atoms with van der Waals surface area (Å²) in [5.41, 5.74) is 1.96. The minimum atomic E-state index is -1.75. The van der Waals surface area contributed by atoms with Crippen molar-refractivity contribution < 1.29 is 30.3 Å². The highest BCUT2D eigenvalue weighted by Crippen LogP contribution is 2.29. The molecule has 5 N–H and O–H groups in total. The molecule has 0 saturated carbocycles. The van der Waals surface area contributed by atoms with Crippen LogP contribution in [0.5, 0.6) is 5.75 Å². The molecular weight excluding hydrogens is 374 g/mol. The third kappa shape index (κ3) is 4.72. The molecule has 5 unspecified atom stereocenters. The number of benzene rings is 2. The number of rotatable bonds is 8. The minimum Gasteiger partial charge on any atom is -0.462 e. The maximum Gasteiger partial charge on any atom is 0.226 e. The quantitative estimate of drug-likeness (QED) is 0.362. The normalized spacial score (nSPS) is 16.8. The number of aliphatic hydroxyl groups is 5. The smallest absolute Gasteiger partial charge is 0.226 e. The molecule has 3 rings (SSSR count).